The third kappa shape index (κ3) is 3.05. The topological polar surface area (TPSA) is 98.8 Å². The van der Waals surface area contributed by atoms with Crippen LogP contribution in [0.1, 0.15) is 19.8 Å². The average Bonchev–Trinajstić information content (AvgIpc) is 2.94. The van der Waals surface area contributed by atoms with E-state index >= 15 is 0 Å². The smallest absolute Gasteiger partial charge is 0.372 e. The Kier molecular flexibility index (Phi) is 4.51. The van der Waals surface area contributed by atoms with Gasteiger partial charge in [0.25, 0.3) is 4.96 Å². The Labute approximate surface area is 118 Å². The van der Waals surface area contributed by atoms with E-state index in [-0.39, 0.29) is 24.0 Å². The summed E-state index contributed by atoms with van der Waals surface area (Å²) >= 11 is 1.32. The SMILES string of the molecule is CCOC(=O)CCCNc1nc2sccn2c1[N+](=O)[O-]. The number of nitro groups is 1. The van der Waals surface area contributed by atoms with Crippen LogP contribution < -0.4 is 5.32 Å². The predicted molar refractivity (Wildman–Crippen MR) is 74.1 cm³/mol. The van der Waals surface area contributed by atoms with Crippen LogP contribution in [0.2, 0.25) is 0 Å². The van der Waals surface area contributed by atoms with Gasteiger partial charge in [-0.05, 0) is 18.3 Å². The fraction of sp³-hybridized carbons (Fsp3) is 0.455. The van der Waals surface area contributed by atoms with E-state index in [1.54, 1.807) is 18.5 Å². The number of imidazole rings is 1. The monoisotopic (exact) mass is 298 g/mol. The standard InChI is InChI=1S/C11H14N4O4S/c1-2-19-8(16)4-3-5-12-9-10(15(17)18)14-6-7-20-11(14)13-9/h6-7,12H,2-5H2,1H3. The van der Waals surface area contributed by atoms with Gasteiger partial charge in [-0.2, -0.15) is 9.38 Å². The third-order valence-corrected chi connectivity index (χ3v) is 3.32. The zero-order chi connectivity index (χ0) is 14.5. The lowest BCUT2D eigenvalue weighted by atomic mass is 10.3. The summed E-state index contributed by atoms with van der Waals surface area (Å²) in [6.45, 7) is 2.52. The number of fused-ring (bicyclic) bond motifs is 1. The van der Waals surface area contributed by atoms with Crippen molar-refractivity contribution in [3.05, 3.63) is 21.7 Å². The molecule has 0 atom stereocenters. The Hall–Kier alpha value is -2.16. The number of thiazole rings is 1. The molecule has 20 heavy (non-hydrogen) atoms. The van der Waals surface area contributed by atoms with Crippen molar-refractivity contribution in [2.45, 2.75) is 19.8 Å². The molecule has 8 nitrogen and oxygen atoms in total. The summed E-state index contributed by atoms with van der Waals surface area (Å²) in [7, 11) is 0. The number of ether oxygens (including phenoxy) is 1. The highest BCUT2D eigenvalue weighted by molar-refractivity contribution is 7.15. The van der Waals surface area contributed by atoms with Gasteiger partial charge in [-0.1, -0.05) is 11.3 Å². The van der Waals surface area contributed by atoms with Crippen molar-refractivity contribution in [2.24, 2.45) is 0 Å². The van der Waals surface area contributed by atoms with Gasteiger partial charge in [0.2, 0.25) is 5.82 Å². The molecule has 0 spiro atoms. The number of anilines is 1. The molecule has 108 valence electrons. The van der Waals surface area contributed by atoms with Crippen LogP contribution in [0.15, 0.2) is 11.6 Å². The van der Waals surface area contributed by atoms with E-state index in [1.807, 2.05) is 0 Å². The number of carbonyl (C=O) groups is 1. The van der Waals surface area contributed by atoms with E-state index in [0.29, 0.717) is 24.5 Å². The molecule has 1 N–H and O–H groups in total. The van der Waals surface area contributed by atoms with Gasteiger partial charge < -0.3 is 20.2 Å². The molecule has 0 aromatic carbocycles. The van der Waals surface area contributed by atoms with Gasteiger partial charge in [-0.25, -0.2) is 0 Å². The minimum Gasteiger partial charge on any atom is -0.466 e. The maximum atomic E-state index is 11.2. The number of nitrogens with zero attached hydrogens (tertiary/aromatic N) is 3. The third-order valence-electron chi connectivity index (χ3n) is 2.57. The van der Waals surface area contributed by atoms with E-state index in [0.717, 1.165) is 0 Å². The molecule has 0 unspecified atom stereocenters. The molecule has 0 aliphatic carbocycles. The molecule has 0 saturated heterocycles. The first-order chi connectivity index (χ1) is 9.63. The van der Waals surface area contributed by atoms with Crippen LogP contribution in [-0.4, -0.2) is 33.4 Å². The summed E-state index contributed by atoms with van der Waals surface area (Å²) in [5, 5.41) is 15.7. The van der Waals surface area contributed by atoms with Crippen LogP contribution >= 0.6 is 11.3 Å². The summed E-state index contributed by atoms with van der Waals surface area (Å²) in [5.41, 5.74) is 0. The summed E-state index contributed by atoms with van der Waals surface area (Å²) in [6, 6.07) is 0. The molecule has 0 amide bonds. The predicted octanol–water partition coefficient (Wildman–Crippen LogP) is 2.06. The van der Waals surface area contributed by atoms with Gasteiger partial charge in [0.15, 0.2) is 0 Å². The maximum absolute atomic E-state index is 11.2. The molecule has 2 aromatic rings. The van der Waals surface area contributed by atoms with Gasteiger partial charge in [0, 0.05) is 18.3 Å². The highest BCUT2D eigenvalue weighted by Gasteiger charge is 2.23. The van der Waals surface area contributed by atoms with Gasteiger partial charge in [-0.3, -0.25) is 4.79 Å². The van der Waals surface area contributed by atoms with Crippen molar-refractivity contribution in [3.8, 4) is 0 Å². The molecular weight excluding hydrogens is 284 g/mol. The molecule has 2 rings (SSSR count). The molecule has 0 radical (unpaired) electrons. The van der Waals surface area contributed by atoms with Gasteiger partial charge in [0.05, 0.1) is 6.61 Å². The van der Waals surface area contributed by atoms with E-state index in [2.05, 4.69) is 10.3 Å². The van der Waals surface area contributed by atoms with Crippen molar-refractivity contribution in [1.82, 2.24) is 9.38 Å². The van der Waals surface area contributed by atoms with Crippen LogP contribution in [0, 0.1) is 10.1 Å². The Balaban J connectivity index is 1.96. The molecule has 0 aliphatic heterocycles. The van der Waals surface area contributed by atoms with Crippen molar-refractivity contribution in [1.29, 1.82) is 0 Å². The quantitative estimate of drug-likeness (QED) is 0.363. The summed E-state index contributed by atoms with van der Waals surface area (Å²) in [6.07, 6.45) is 2.41. The van der Waals surface area contributed by atoms with Crippen LogP contribution in [0.5, 0.6) is 0 Å². The summed E-state index contributed by atoms with van der Waals surface area (Å²) < 4.78 is 6.23. The lowest BCUT2D eigenvalue weighted by molar-refractivity contribution is -0.389. The molecule has 0 bridgehead atoms. The lowest BCUT2D eigenvalue weighted by Crippen LogP contribution is -2.09. The molecular formula is C11H14N4O4S. The van der Waals surface area contributed by atoms with Crippen LogP contribution in [0.3, 0.4) is 0 Å². The first-order valence-corrected chi connectivity index (χ1v) is 7.01. The van der Waals surface area contributed by atoms with Crippen LogP contribution in [0.4, 0.5) is 11.6 Å². The van der Waals surface area contributed by atoms with Crippen molar-refractivity contribution < 1.29 is 14.5 Å². The van der Waals surface area contributed by atoms with E-state index < -0.39 is 4.92 Å². The molecule has 0 aliphatic rings. The number of aromatic nitrogens is 2. The Morgan fingerprint density at radius 1 is 1.65 bits per heavy atom. The summed E-state index contributed by atoms with van der Waals surface area (Å²) in [5.74, 6) is -0.127. The average molecular weight is 298 g/mol. The summed E-state index contributed by atoms with van der Waals surface area (Å²) in [4.78, 5) is 26.5. The Bertz CT molecular complexity index is 621. The van der Waals surface area contributed by atoms with Crippen molar-refractivity contribution in [2.75, 3.05) is 18.5 Å². The fourth-order valence-electron chi connectivity index (χ4n) is 1.74. The van der Waals surface area contributed by atoms with E-state index in [9.17, 15) is 14.9 Å². The Morgan fingerprint density at radius 2 is 2.45 bits per heavy atom. The molecule has 0 fully saturated rings. The minimum absolute atomic E-state index is 0.0858. The number of carbonyl (C=O) groups excluding carboxylic acids is 1. The lowest BCUT2D eigenvalue weighted by Gasteiger charge is -2.03. The second kappa shape index (κ2) is 6.33. The Morgan fingerprint density at radius 3 is 3.15 bits per heavy atom. The second-order valence-electron chi connectivity index (χ2n) is 3.93. The molecule has 2 aromatic heterocycles. The number of nitrogens with one attached hydrogen (secondary N) is 1. The largest absolute Gasteiger partial charge is 0.466 e. The first kappa shape index (κ1) is 14.3. The minimum atomic E-state index is -0.472. The van der Waals surface area contributed by atoms with Gasteiger partial charge in [-0.15, -0.1) is 0 Å². The molecule has 0 saturated carbocycles. The zero-order valence-electron chi connectivity index (χ0n) is 10.9. The zero-order valence-corrected chi connectivity index (χ0v) is 11.7. The maximum Gasteiger partial charge on any atom is 0.372 e. The molecule has 2 heterocycles. The number of rotatable bonds is 7. The first-order valence-electron chi connectivity index (χ1n) is 6.13. The molecule has 9 heteroatoms. The van der Waals surface area contributed by atoms with Gasteiger partial charge in [0.1, 0.15) is 6.20 Å². The van der Waals surface area contributed by atoms with Crippen molar-refractivity contribution in [3.63, 3.8) is 0 Å². The van der Waals surface area contributed by atoms with E-state index in [1.165, 1.54) is 15.7 Å². The van der Waals surface area contributed by atoms with Crippen LogP contribution in [-0.2, 0) is 9.53 Å². The van der Waals surface area contributed by atoms with Gasteiger partial charge >= 0.3 is 11.8 Å². The van der Waals surface area contributed by atoms with E-state index in [4.69, 9.17) is 4.74 Å². The second-order valence-corrected chi connectivity index (χ2v) is 4.81. The van der Waals surface area contributed by atoms with Crippen LogP contribution in [0.25, 0.3) is 4.96 Å². The fourth-order valence-corrected chi connectivity index (χ4v) is 2.45. The normalized spacial score (nSPS) is 10.7. The highest BCUT2D eigenvalue weighted by atomic mass is 32.1. The number of esters is 1. The highest BCUT2D eigenvalue weighted by Crippen LogP contribution is 2.27. The number of hydrogen-bond donors (Lipinski definition) is 1. The number of hydrogen-bond acceptors (Lipinski definition) is 7. The van der Waals surface area contributed by atoms with Crippen molar-refractivity contribution >= 4 is 33.9 Å².